The van der Waals surface area contributed by atoms with E-state index in [1.54, 1.807) is 0 Å². The van der Waals surface area contributed by atoms with Crippen molar-refractivity contribution in [3.05, 3.63) is 48.5 Å². The van der Waals surface area contributed by atoms with E-state index >= 15 is 0 Å². The van der Waals surface area contributed by atoms with Crippen molar-refractivity contribution < 1.29 is 4.57 Å². The van der Waals surface area contributed by atoms with Gasteiger partial charge in [-0.15, -0.1) is 0 Å². The standard InChI is InChI=1S/C11H10N3/c1-13-6-7-14(9-13)11-5-3-2-4-10(11)8-12/h2-7,9H,1H3/q+1. The van der Waals surface area contributed by atoms with E-state index in [9.17, 15) is 0 Å². The molecule has 2 rings (SSSR count). The van der Waals surface area contributed by atoms with Crippen molar-refractivity contribution in [1.82, 2.24) is 4.57 Å². The first-order chi connectivity index (χ1) is 6.81. The van der Waals surface area contributed by atoms with Gasteiger partial charge in [0.05, 0.1) is 12.6 Å². The zero-order chi connectivity index (χ0) is 9.97. The van der Waals surface area contributed by atoms with Gasteiger partial charge in [0.1, 0.15) is 24.2 Å². The summed E-state index contributed by atoms with van der Waals surface area (Å²) in [5, 5.41) is 8.92. The van der Waals surface area contributed by atoms with Crippen LogP contribution in [0.25, 0.3) is 5.69 Å². The molecule has 3 heteroatoms. The van der Waals surface area contributed by atoms with Gasteiger partial charge in [-0.2, -0.15) is 5.26 Å². The predicted molar refractivity (Wildman–Crippen MR) is 51.7 cm³/mol. The minimum Gasteiger partial charge on any atom is -0.239 e. The summed E-state index contributed by atoms with van der Waals surface area (Å²) in [4.78, 5) is 0. The van der Waals surface area contributed by atoms with Crippen LogP contribution in [0.2, 0.25) is 0 Å². The van der Waals surface area contributed by atoms with Crippen LogP contribution in [0.1, 0.15) is 5.56 Å². The molecule has 0 bridgehead atoms. The predicted octanol–water partition coefficient (Wildman–Crippen LogP) is 1.17. The number of hydrogen-bond acceptors (Lipinski definition) is 1. The molecule has 1 aromatic carbocycles. The third kappa shape index (κ3) is 1.38. The van der Waals surface area contributed by atoms with Crippen LogP contribution in [-0.2, 0) is 7.05 Å². The minimum atomic E-state index is 0.684. The van der Waals surface area contributed by atoms with E-state index in [1.807, 2.05) is 59.2 Å². The first-order valence-electron chi connectivity index (χ1n) is 4.34. The summed E-state index contributed by atoms with van der Waals surface area (Å²) < 4.78 is 3.87. The van der Waals surface area contributed by atoms with Gasteiger partial charge in [0, 0.05) is 0 Å². The van der Waals surface area contributed by atoms with Crippen LogP contribution < -0.4 is 4.57 Å². The highest BCUT2D eigenvalue weighted by Crippen LogP contribution is 2.11. The minimum absolute atomic E-state index is 0.684. The first-order valence-corrected chi connectivity index (χ1v) is 4.34. The van der Waals surface area contributed by atoms with Crippen LogP contribution in [0.15, 0.2) is 43.0 Å². The second-order valence-corrected chi connectivity index (χ2v) is 3.12. The maximum Gasteiger partial charge on any atom is 0.248 e. The Morgan fingerprint density at radius 2 is 2.14 bits per heavy atom. The summed E-state index contributed by atoms with van der Waals surface area (Å²) in [5.74, 6) is 0. The highest BCUT2D eigenvalue weighted by molar-refractivity contribution is 5.48. The molecule has 0 saturated carbocycles. The van der Waals surface area contributed by atoms with Crippen LogP contribution in [0.5, 0.6) is 0 Å². The smallest absolute Gasteiger partial charge is 0.239 e. The quantitative estimate of drug-likeness (QED) is 0.612. The van der Waals surface area contributed by atoms with Gasteiger partial charge < -0.3 is 0 Å². The van der Waals surface area contributed by atoms with Gasteiger partial charge in [0.2, 0.25) is 6.33 Å². The first kappa shape index (κ1) is 8.52. The van der Waals surface area contributed by atoms with Crippen LogP contribution >= 0.6 is 0 Å². The van der Waals surface area contributed by atoms with E-state index in [0.717, 1.165) is 5.69 Å². The number of benzene rings is 1. The molecule has 0 fully saturated rings. The molecule has 0 saturated heterocycles. The lowest BCUT2D eigenvalue weighted by Gasteiger charge is -1.96. The number of nitrogens with zero attached hydrogens (tertiary/aromatic N) is 3. The topological polar surface area (TPSA) is 32.6 Å². The molecule has 14 heavy (non-hydrogen) atoms. The van der Waals surface area contributed by atoms with Crippen molar-refractivity contribution in [3.8, 4) is 11.8 Å². The van der Waals surface area contributed by atoms with Crippen molar-refractivity contribution in [1.29, 1.82) is 5.26 Å². The number of hydrogen-bond donors (Lipinski definition) is 0. The molecule has 0 aliphatic rings. The van der Waals surface area contributed by atoms with Crippen molar-refractivity contribution in [2.45, 2.75) is 0 Å². The van der Waals surface area contributed by atoms with Gasteiger partial charge in [0.25, 0.3) is 0 Å². The average Bonchev–Trinajstić information content (AvgIpc) is 2.65. The molecular weight excluding hydrogens is 174 g/mol. The summed E-state index contributed by atoms with van der Waals surface area (Å²) in [5.41, 5.74) is 1.60. The van der Waals surface area contributed by atoms with E-state index in [-0.39, 0.29) is 0 Å². The Morgan fingerprint density at radius 1 is 1.36 bits per heavy atom. The Kier molecular flexibility index (Phi) is 2.04. The number of imidazole rings is 1. The third-order valence-electron chi connectivity index (χ3n) is 2.07. The molecule has 2 aromatic rings. The third-order valence-corrected chi connectivity index (χ3v) is 2.07. The number of aryl methyl sites for hydroxylation is 1. The molecule has 0 amide bonds. The van der Waals surface area contributed by atoms with Crippen LogP contribution in [0.4, 0.5) is 0 Å². The van der Waals surface area contributed by atoms with Crippen LogP contribution in [0.3, 0.4) is 0 Å². The molecular formula is C11H10N3+. The molecule has 0 N–H and O–H groups in total. The molecule has 0 atom stereocenters. The van der Waals surface area contributed by atoms with Crippen molar-refractivity contribution in [2.24, 2.45) is 7.05 Å². The van der Waals surface area contributed by atoms with Gasteiger partial charge in [-0.05, 0) is 12.1 Å². The van der Waals surface area contributed by atoms with Crippen molar-refractivity contribution in [3.63, 3.8) is 0 Å². The van der Waals surface area contributed by atoms with Gasteiger partial charge in [0.15, 0.2) is 0 Å². The average molecular weight is 184 g/mol. The SMILES string of the molecule is C[n+]1ccn(-c2ccccc2C#N)c1. The lowest BCUT2D eigenvalue weighted by molar-refractivity contribution is -0.670. The van der Waals surface area contributed by atoms with Crippen molar-refractivity contribution >= 4 is 0 Å². The molecule has 0 aliphatic carbocycles. The number of aromatic nitrogens is 2. The monoisotopic (exact) mass is 184 g/mol. The fourth-order valence-electron chi connectivity index (χ4n) is 1.39. The summed E-state index contributed by atoms with van der Waals surface area (Å²) in [6.07, 6.45) is 5.79. The molecule has 1 aromatic heterocycles. The van der Waals surface area contributed by atoms with E-state index < -0.39 is 0 Å². The Bertz CT molecular complexity index is 491. The lowest BCUT2D eigenvalue weighted by Crippen LogP contribution is -2.23. The molecule has 0 aliphatic heterocycles. The molecule has 0 spiro atoms. The Labute approximate surface area is 82.5 Å². The number of para-hydroxylation sites is 1. The summed E-state index contributed by atoms with van der Waals surface area (Å²) >= 11 is 0. The maximum absolute atomic E-state index is 8.92. The van der Waals surface area contributed by atoms with Crippen LogP contribution in [-0.4, -0.2) is 4.57 Å². The zero-order valence-corrected chi connectivity index (χ0v) is 7.88. The largest absolute Gasteiger partial charge is 0.248 e. The molecule has 0 radical (unpaired) electrons. The lowest BCUT2D eigenvalue weighted by atomic mass is 10.2. The Hall–Kier alpha value is -2.08. The summed E-state index contributed by atoms with van der Waals surface area (Å²) in [7, 11) is 1.95. The zero-order valence-electron chi connectivity index (χ0n) is 7.88. The highest BCUT2D eigenvalue weighted by atomic mass is 15.1. The van der Waals surface area contributed by atoms with Gasteiger partial charge in [-0.3, -0.25) is 0 Å². The number of nitriles is 1. The fraction of sp³-hybridized carbons (Fsp3) is 0.0909. The van der Waals surface area contributed by atoms with E-state index in [2.05, 4.69) is 6.07 Å². The molecule has 0 unspecified atom stereocenters. The molecule has 1 heterocycles. The number of rotatable bonds is 1. The summed E-state index contributed by atoms with van der Waals surface area (Å²) in [6.45, 7) is 0. The van der Waals surface area contributed by atoms with Crippen molar-refractivity contribution in [2.75, 3.05) is 0 Å². The van der Waals surface area contributed by atoms with E-state index in [1.165, 1.54) is 0 Å². The fourth-order valence-corrected chi connectivity index (χ4v) is 1.39. The molecule has 3 nitrogen and oxygen atoms in total. The van der Waals surface area contributed by atoms with Gasteiger partial charge in [-0.25, -0.2) is 9.13 Å². The van der Waals surface area contributed by atoms with E-state index in [0.29, 0.717) is 5.56 Å². The highest BCUT2D eigenvalue weighted by Gasteiger charge is 2.08. The van der Waals surface area contributed by atoms with E-state index in [4.69, 9.17) is 5.26 Å². The maximum atomic E-state index is 8.92. The summed E-state index contributed by atoms with van der Waals surface area (Å²) in [6, 6.07) is 9.71. The Balaban J connectivity index is 2.57. The van der Waals surface area contributed by atoms with Crippen LogP contribution in [0, 0.1) is 11.3 Å². The second kappa shape index (κ2) is 3.35. The van der Waals surface area contributed by atoms with Gasteiger partial charge >= 0.3 is 0 Å². The second-order valence-electron chi connectivity index (χ2n) is 3.12. The molecule has 68 valence electrons. The van der Waals surface area contributed by atoms with Gasteiger partial charge in [-0.1, -0.05) is 12.1 Å². The normalized spacial score (nSPS) is 9.71. The Morgan fingerprint density at radius 3 is 2.79 bits per heavy atom.